The summed E-state index contributed by atoms with van der Waals surface area (Å²) in [5.74, 6) is 0. The molecule has 0 spiro atoms. The van der Waals surface area contributed by atoms with Crippen molar-refractivity contribution in [3.8, 4) is 0 Å². The van der Waals surface area contributed by atoms with Gasteiger partial charge in [0.05, 0.1) is 6.10 Å². The number of amides is 2. The molecule has 0 aromatic heterocycles. The van der Waals surface area contributed by atoms with E-state index in [9.17, 15) is 4.79 Å². The third kappa shape index (κ3) is 4.24. The van der Waals surface area contributed by atoms with Crippen molar-refractivity contribution in [2.75, 3.05) is 25.0 Å². The van der Waals surface area contributed by atoms with Crippen molar-refractivity contribution in [1.29, 1.82) is 0 Å². The number of nitrogens with one attached hydrogen (secondary N) is 1. The van der Waals surface area contributed by atoms with Gasteiger partial charge in [-0.05, 0) is 31.4 Å². The van der Waals surface area contributed by atoms with Crippen LogP contribution in [0.25, 0.3) is 0 Å². The van der Waals surface area contributed by atoms with Crippen LogP contribution in [0.4, 0.5) is 10.5 Å². The number of rotatable bonds is 5. The standard InChI is InChI=1S/C15H22N2O2/c1-2-10-17(12-14-9-6-11-19-14)15(18)16-13-7-4-3-5-8-13/h3-5,7-8,14H,2,6,9-12H2,1H3,(H,16,18). The van der Waals surface area contributed by atoms with E-state index in [4.69, 9.17) is 4.74 Å². The Morgan fingerprint density at radius 2 is 2.21 bits per heavy atom. The molecule has 2 rings (SSSR count). The lowest BCUT2D eigenvalue weighted by Gasteiger charge is -2.25. The van der Waals surface area contributed by atoms with Crippen molar-refractivity contribution in [1.82, 2.24) is 4.90 Å². The first-order chi connectivity index (χ1) is 9.29. The Bertz CT molecular complexity index is 388. The van der Waals surface area contributed by atoms with Gasteiger partial charge >= 0.3 is 6.03 Å². The fourth-order valence-corrected chi connectivity index (χ4v) is 2.30. The van der Waals surface area contributed by atoms with Crippen LogP contribution in [-0.2, 0) is 4.74 Å². The molecule has 0 aliphatic carbocycles. The highest BCUT2D eigenvalue weighted by atomic mass is 16.5. The largest absolute Gasteiger partial charge is 0.376 e. The van der Waals surface area contributed by atoms with Crippen LogP contribution in [0.2, 0.25) is 0 Å². The van der Waals surface area contributed by atoms with E-state index in [-0.39, 0.29) is 12.1 Å². The molecule has 1 N–H and O–H groups in total. The maximum Gasteiger partial charge on any atom is 0.321 e. The lowest BCUT2D eigenvalue weighted by atomic mass is 10.2. The number of carbonyl (C=O) groups excluding carboxylic acids is 1. The van der Waals surface area contributed by atoms with Crippen LogP contribution in [0.5, 0.6) is 0 Å². The summed E-state index contributed by atoms with van der Waals surface area (Å²) in [6, 6.07) is 9.52. The van der Waals surface area contributed by atoms with Crippen molar-refractivity contribution in [2.24, 2.45) is 0 Å². The quantitative estimate of drug-likeness (QED) is 0.886. The van der Waals surface area contributed by atoms with Crippen LogP contribution in [-0.4, -0.2) is 36.7 Å². The number of para-hydroxylation sites is 1. The SMILES string of the molecule is CCCN(CC1CCCO1)C(=O)Nc1ccccc1. The molecule has 2 amide bonds. The van der Waals surface area contributed by atoms with Crippen molar-refractivity contribution in [3.63, 3.8) is 0 Å². The third-order valence-electron chi connectivity index (χ3n) is 3.25. The highest BCUT2D eigenvalue weighted by Gasteiger charge is 2.21. The van der Waals surface area contributed by atoms with Crippen molar-refractivity contribution < 1.29 is 9.53 Å². The first-order valence-corrected chi connectivity index (χ1v) is 7.02. The molecule has 4 heteroatoms. The van der Waals surface area contributed by atoms with E-state index in [2.05, 4.69) is 12.2 Å². The van der Waals surface area contributed by atoms with Crippen LogP contribution in [0.3, 0.4) is 0 Å². The van der Waals surface area contributed by atoms with Crippen LogP contribution < -0.4 is 5.32 Å². The molecule has 0 saturated carbocycles. The molecule has 1 saturated heterocycles. The minimum Gasteiger partial charge on any atom is -0.376 e. The fraction of sp³-hybridized carbons (Fsp3) is 0.533. The minimum absolute atomic E-state index is 0.0384. The summed E-state index contributed by atoms with van der Waals surface area (Å²) < 4.78 is 5.61. The molecule has 4 nitrogen and oxygen atoms in total. The van der Waals surface area contributed by atoms with Crippen molar-refractivity contribution in [2.45, 2.75) is 32.3 Å². The van der Waals surface area contributed by atoms with E-state index in [1.165, 1.54) is 0 Å². The second-order valence-corrected chi connectivity index (χ2v) is 4.88. The molecule has 1 aliphatic rings. The van der Waals surface area contributed by atoms with E-state index in [0.717, 1.165) is 38.1 Å². The summed E-state index contributed by atoms with van der Waals surface area (Å²) >= 11 is 0. The van der Waals surface area contributed by atoms with Crippen LogP contribution >= 0.6 is 0 Å². The number of nitrogens with zero attached hydrogens (tertiary/aromatic N) is 1. The van der Waals surface area contributed by atoms with Gasteiger partial charge in [0.25, 0.3) is 0 Å². The van der Waals surface area contributed by atoms with Crippen LogP contribution in [0.15, 0.2) is 30.3 Å². The Morgan fingerprint density at radius 3 is 2.84 bits per heavy atom. The summed E-state index contributed by atoms with van der Waals surface area (Å²) in [6.45, 7) is 4.36. The van der Waals surface area contributed by atoms with E-state index in [0.29, 0.717) is 6.54 Å². The molecule has 1 aromatic rings. The molecular formula is C15H22N2O2. The second-order valence-electron chi connectivity index (χ2n) is 4.88. The molecule has 104 valence electrons. The molecular weight excluding hydrogens is 240 g/mol. The lowest BCUT2D eigenvalue weighted by molar-refractivity contribution is 0.0836. The van der Waals surface area contributed by atoms with Crippen molar-refractivity contribution in [3.05, 3.63) is 30.3 Å². The van der Waals surface area contributed by atoms with Gasteiger partial charge < -0.3 is 15.0 Å². The number of hydrogen-bond donors (Lipinski definition) is 1. The topological polar surface area (TPSA) is 41.6 Å². The zero-order valence-electron chi connectivity index (χ0n) is 11.5. The van der Waals surface area contributed by atoms with Gasteiger partial charge in [0.15, 0.2) is 0 Å². The molecule has 1 aromatic carbocycles. The summed E-state index contributed by atoms with van der Waals surface area (Å²) in [6.07, 6.45) is 3.31. The average Bonchev–Trinajstić information content (AvgIpc) is 2.92. The Morgan fingerprint density at radius 1 is 1.42 bits per heavy atom. The molecule has 1 atom stereocenters. The van der Waals surface area contributed by atoms with Crippen molar-refractivity contribution >= 4 is 11.7 Å². The molecule has 1 heterocycles. The van der Waals surface area contributed by atoms with Crippen LogP contribution in [0, 0.1) is 0 Å². The smallest absolute Gasteiger partial charge is 0.321 e. The number of hydrogen-bond acceptors (Lipinski definition) is 2. The fourth-order valence-electron chi connectivity index (χ4n) is 2.30. The third-order valence-corrected chi connectivity index (χ3v) is 3.25. The predicted molar refractivity (Wildman–Crippen MR) is 76.3 cm³/mol. The molecule has 0 bridgehead atoms. The van der Waals surface area contributed by atoms with Gasteiger partial charge in [-0.1, -0.05) is 25.1 Å². The van der Waals surface area contributed by atoms with E-state index >= 15 is 0 Å². The second kappa shape index (κ2) is 7.14. The summed E-state index contributed by atoms with van der Waals surface area (Å²) in [7, 11) is 0. The normalized spacial score (nSPS) is 18.3. The first-order valence-electron chi connectivity index (χ1n) is 7.02. The number of anilines is 1. The molecule has 1 fully saturated rings. The van der Waals surface area contributed by atoms with Gasteiger partial charge in [-0.2, -0.15) is 0 Å². The zero-order chi connectivity index (χ0) is 13.5. The van der Waals surface area contributed by atoms with Gasteiger partial charge in [0.1, 0.15) is 0 Å². The highest BCUT2D eigenvalue weighted by molar-refractivity contribution is 5.89. The van der Waals surface area contributed by atoms with E-state index in [1.54, 1.807) is 0 Å². The van der Waals surface area contributed by atoms with Gasteiger partial charge in [-0.3, -0.25) is 0 Å². The van der Waals surface area contributed by atoms with Gasteiger partial charge in [-0.25, -0.2) is 4.79 Å². The van der Waals surface area contributed by atoms with Gasteiger partial charge in [-0.15, -0.1) is 0 Å². The monoisotopic (exact) mass is 262 g/mol. The zero-order valence-corrected chi connectivity index (χ0v) is 11.5. The van der Waals surface area contributed by atoms with Gasteiger partial charge in [0, 0.05) is 25.4 Å². The number of benzene rings is 1. The minimum atomic E-state index is -0.0384. The predicted octanol–water partition coefficient (Wildman–Crippen LogP) is 3.11. The molecule has 1 unspecified atom stereocenters. The van der Waals surface area contributed by atoms with Crippen LogP contribution in [0.1, 0.15) is 26.2 Å². The summed E-state index contributed by atoms with van der Waals surface area (Å²) in [4.78, 5) is 14.1. The maximum absolute atomic E-state index is 12.2. The Labute approximate surface area is 114 Å². The number of carbonyl (C=O) groups is 1. The molecule has 1 aliphatic heterocycles. The highest BCUT2D eigenvalue weighted by Crippen LogP contribution is 2.14. The first kappa shape index (κ1) is 13.9. The Kier molecular flexibility index (Phi) is 5.21. The summed E-state index contributed by atoms with van der Waals surface area (Å²) in [5.41, 5.74) is 0.834. The Balaban J connectivity index is 1.91. The van der Waals surface area contributed by atoms with E-state index in [1.807, 2.05) is 35.2 Å². The molecule has 19 heavy (non-hydrogen) atoms. The Hall–Kier alpha value is -1.55. The molecule has 0 radical (unpaired) electrons. The average molecular weight is 262 g/mol. The summed E-state index contributed by atoms with van der Waals surface area (Å²) in [5, 5.41) is 2.93. The number of ether oxygens (including phenoxy) is 1. The maximum atomic E-state index is 12.2. The van der Waals surface area contributed by atoms with Gasteiger partial charge in [0.2, 0.25) is 0 Å². The van der Waals surface area contributed by atoms with E-state index < -0.39 is 0 Å². The lowest BCUT2D eigenvalue weighted by Crippen LogP contribution is -2.40. The number of urea groups is 1.